The molecular formula is C20H20FN3OS. The number of benzene rings is 2. The van der Waals surface area contributed by atoms with Crippen LogP contribution in [0.25, 0.3) is 0 Å². The predicted octanol–water partition coefficient (Wildman–Crippen LogP) is 4.39. The van der Waals surface area contributed by atoms with Gasteiger partial charge in [0.1, 0.15) is 5.82 Å². The van der Waals surface area contributed by atoms with Gasteiger partial charge in [-0.15, -0.1) is 11.3 Å². The molecule has 2 N–H and O–H groups in total. The zero-order chi connectivity index (χ0) is 18.4. The van der Waals surface area contributed by atoms with Crippen molar-refractivity contribution in [1.82, 2.24) is 10.3 Å². The lowest BCUT2D eigenvalue weighted by molar-refractivity contribution is 0.102. The van der Waals surface area contributed by atoms with Crippen LogP contribution in [0.3, 0.4) is 0 Å². The fraction of sp³-hybridized carbons (Fsp3) is 0.200. The lowest BCUT2D eigenvalue weighted by atomic mass is 10.1. The highest BCUT2D eigenvalue weighted by Gasteiger charge is 2.07. The van der Waals surface area contributed by atoms with Crippen molar-refractivity contribution in [3.05, 3.63) is 81.6 Å². The molecular weight excluding hydrogens is 349 g/mol. The van der Waals surface area contributed by atoms with Gasteiger partial charge in [0.25, 0.3) is 5.91 Å². The minimum absolute atomic E-state index is 0.295. The summed E-state index contributed by atoms with van der Waals surface area (Å²) in [5.74, 6) is -0.756. The first-order valence-corrected chi connectivity index (χ1v) is 9.32. The van der Waals surface area contributed by atoms with Crippen LogP contribution in [0.15, 0.2) is 53.9 Å². The second kappa shape index (κ2) is 8.69. The van der Waals surface area contributed by atoms with E-state index < -0.39 is 5.82 Å². The first-order chi connectivity index (χ1) is 12.6. The number of nitrogens with zero attached hydrogens (tertiary/aromatic N) is 1. The van der Waals surface area contributed by atoms with Crippen molar-refractivity contribution in [1.29, 1.82) is 0 Å². The Morgan fingerprint density at radius 3 is 2.77 bits per heavy atom. The molecule has 2 aromatic carbocycles. The molecule has 0 aliphatic heterocycles. The highest BCUT2D eigenvalue weighted by atomic mass is 32.1. The molecule has 1 amide bonds. The van der Waals surface area contributed by atoms with Crippen LogP contribution in [-0.4, -0.2) is 10.9 Å². The summed E-state index contributed by atoms with van der Waals surface area (Å²) in [6, 6.07) is 13.2. The number of amides is 1. The van der Waals surface area contributed by atoms with E-state index >= 15 is 0 Å². The Labute approximate surface area is 156 Å². The molecule has 3 aromatic rings. The SMILES string of the molecule is CCc1nc(CNCc2cccc(NC(=O)c3cccc(F)c3)c2)cs1. The second-order valence-corrected chi connectivity index (χ2v) is 6.80. The largest absolute Gasteiger partial charge is 0.322 e. The molecule has 0 spiro atoms. The summed E-state index contributed by atoms with van der Waals surface area (Å²) in [5.41, 5.74) is 3.07. The number of halogens is 1. The van der Waals surface area contributed by atoms with E-state index in [0.717, 1.165) is 22.7 Å². The molecule has 4 nitrogen and oxygen atoms in total. The quantitative estimate of drug-likeness (QED) is 0.650. The van der Waals surface area contributed by atoms with Gasteiger partial charge in [-0.05, 0) is 42.3 Å². The van der Waals surface area contributed by atoms with Crippen LogP contribution in [0.2, 0.25) is 0 Å². The Morgan fingerprint density at radius 1 is 1.15 bits per heavy atom. The summed E-state index contributed by atoms with van der Waals surface area (Å²) >= 11 is 1.68. The molecule has 1 aromatic heterocycles. The van der Waals surface area contributed by atoms with Crippen LogP contribution in [0, 0.1) is 5.82 Å². The third kappa shape index (κ3) is 4.97. The number of hydrogen-bond acceptors (Lipinski definition) is 4. The zero-order valence-corrected chi connectivity index (χ0v) is 15.3. The number of carbonyl (C=O) groups excluding carboxylic acids is 1. The van der Waals surface area contributed by atoms with Crippen molar-refractivity contribution >= 4 is 22.9 Å². The number of hydrogen-bond donors (Lipinski definition) is 2. The lowest BCUT2D eigenvalue weighted by Crippen LogP contribution is -2.14. The lowest BCUT2D eigenvalue weighted by Gasteiger charge is -2.08. The van der Waals surface area contributed by atoms with Crippen molar-refractivity contribution in [2.45, 2.75) is 26.4 Å². The van der Waals surface area contributed by atoms with Gasteiger partial charge in [-0.25, -0.2) is 9.37 Å². The van der Waals surface area contributed by atoms with Gasteiger partial charge in [-0.1, -0.05) is 25.1 Å². The maximum atomic E-state index is 13.2. The van der Waals surface area contributed by atoms with E-state index in [4.69, 9.17) is 0 Å². The number of aromatic nitrogens is 1. The van der Waals surface area contributed by atoms with E-state index in [-0.39, 0.29) is 5.91 Å². The Bertz CT molecular complexity index is 894. The molecule has 0 atom stereocenters. The number of thiazole rings is 1. The highest BCUT2D eigenvalue weighted by molar-refractivity contribution is 7.09. The molecule has 1 heterocycles. The number of nitrogens with one attached hydrogen (secondary N) is 2. The van der Waals surface area contributed by atoms with E-state index in [0.29, 0.717) is 24.3 Å². The molecule has 6 heteroatoms. The van der Waals surface area contributed by atoms with Gasteiger partial charge in [0.05, 0.1) is 10.7 Å². The first-order valence-electron chi connectivity index (χ1n) is 8.44. The molecule has 26 heavy (non-hydrogen) atoms. The summed E-state index contributed by atoms with van der Waals surface area (Å²) in [6.07, 6.45) is 0.956. The number of carbonyl (C=O) groups is 1. The van der Waals surface area contributed by atoms with Crippen LogP contribution in [0.1, 0.15) is 33.5 Å². The van der Waals surface area contributed by atoms with E-state index in [1.807, 2.05) is 24.3 Å². The summed E-state index contributed by atoms with van der Waals surface area (Å²) in [5, 5.41) is 9.37. The third-order valence-corrected chi connectivity index (χ3v) is 4.85. The monoisotopic (exact) mass is 369 g/mol. The van der Waals surface area contributed by atoms with Gasteiger partial charge in [0, 0.05) is 29.7 Å². The van der Waals surface area contributed by atoms with Gasteiger partial charge in [0.2, 0.25) is 0 Å². The summed E-state index contributed by atoms with van der Waals surface area (Å²) < 4.78 is 13.2. The number of rotatable bonds is 7. The van der Waals surface area contributed by atoms with E-state index in [1.165, 1.54) is 18.2 Å². The van der Waals surface area contributed by atoms with E-state index in [9.17, 15) is 9.18 Å². The Kier molecular flexibility index (Phi) is 6.09. The van der Waals surface area contributed by atoms with Crippen LogP contribution in [-0.2, 0) is 19.5 Å². The molecule has 0 bridgehead atoms. The fourth-order valence-electron chi connectivity index (χ4n) is 2.52. The van der Waals surface area contributed by atoms with Crippen LogP contribution in [0.4, 0.5) is 10.1 Å². The summed E-state index contributed by atoms with van der Waals surface area (Å²) in [4.78, 5) is 16.7. The Hall–Kier alpha value is -2.57. The van der Waals surface area contributed by atoms with Crippen LogP contribution in [0.5, 0.6) is 0 Å². The fourth-order valence-corrected chi connectivity index (χ4v) is 3.26. The van der Waals surface area contributed by atoms with Gasteiger partial charge >= 0.3 is 0 Å². The normalized spacial score (nSPS) is 10.7. The maximum Gasteiger partial charge on any atom is 0.255 e. The molecule has 0 unspecified atom stereocenters. The average molecular weight is 369 g/mol. The second-order valence-electron chi connectivity index (χ2n) is 5.85. The van der Waals surface area contributed by atoms with Crippen molar-refractivity contribution in [2.75, 3.05) is 5.32 Å². The van der Waals surface area contributed by atoms with Crippen molar-refractivity contribution < 1.29 is 9.18 Å². The van der Waals surface area contributed by atoms with Crippen molar-refractivity contribution in [3.8, 4) is 0 Å². The van der Waals surface area contributed by atoms with Gasteiger partial charge in [-0.2, -0.15) is 0 Å². The molecule has 0 saturated heterocycles. The molecule has 134 valence electrons. The maximum absolute atomic E-state index is 13.2. The first kappa shape index (κ1) is 18.2. The number of anilines is 1. The predicted molar refractivity (Wildman–Crippen MR) is 103 cm³/mol. The standard InChI is InChI=1S/C20H20FN3OS/c1-2-19-23-18(13-26-19)12-22-11-14-5-3-8-17(9-14)24-20(25)15-6-4-7-16(21)10-15/h3-10,13,22H,2,11-12H2,1H3,(H,24,25). The highest BCUT2D eigenvalue weighted by Crippen LogP contribution is 2.14. The average Bonchev–Trinajstić information content (AvgIpc) is 3.10. The van der Waals surface area contributed by atoms with Crippen molar-refractivity contribution in [3.63, 3.8) is 0 Å². The smallest absolute Gasteiger partial charge is 0.255 e. The topological polar surface area (TPSA) is 54.0 Å². The van der Waals surface area contributed by atoms with Crippen LogP contribution >= 0.6 is 11.3 Å². The van der Waals surface area contributed by atoms with Crippen molar-refractivity contribution in [2.24, 2.45) is 0 Å². The minimum Gasteiger partial charge on any atom is -0.322 e. The van der Waals surface area contributed by atoms with Gasteiger partial charge < -0.3 is 10.6 Å². The number of aryl methyl sites for hydroxylation is 1. The zero-order valence-electron chi connectivity index (χ0n) is 14.5. The van der Waals surface area contributed by atoms with E-state index in [2.05, 4.69) is 27.9 Å². The molecule has 0 aliphatic rings. The molecule has 0 radical (unpaired) electrons. The summed E-state index contributed by atoms with van der Waals surface area (Å²) in [6.45, 7) is 3.47. The summed E-state index contributed by atoms with van der Waals surface area (Å²) in [7, 11) is 0. The van der Waals surface area contributed by atoms with Gasteiger partial charge in [-0.3, -0.25) is 4.79 Å². The molecule has 0 aliphatic carbocycles. The van der Waals surface area contributed by atoms with E-state index in [1.54, 1.807) is 17.4 Å². The molecule has 3 rings (SSSR count). The Morgan fingerprint density at radius 2 is 2.00 bits per heavy atom. The van der Waals surface area contributed by atoms with Gasteiger partial charge in [0.15, 0.2) is 0 Å². The third-order valence-electron chi connectivity index (χ3n) is 3.81. The Balaban J connectivity index is 1.56. The minimum atomic E-state index is -0.427. The molecule has 0 fully saturated rings. The molecule has 0 saturated carbocycles. The van der Waals surface area contributed by atoms with Crippen LogP contribution < -0.4 is 10.6 Å².